The van der Waals surface area contributed by atoms with Crippen molar-refractivity contribution in [3.8, 4) is 0 Å². The van der Waals surface area contributed by atoms with E-state index in [2.05, 4.69) is 34.4 Å². The Morgan fingerprint density at radius 1 is 1.14 bits per heavy atom. The van der Waals surface area contributed by atoms with Crippen molar-refractivity contribution in [2.75, 3.05) is 24.6 Å². The first kappa shape index (κ1) is 38.4. The molecule has 274 valence electrons. The van der Waals surface area contributed by atoms with Crippen LogP contribution in [0.4, 0.5) is 5.69 Å². The van der Waals surface area contributed by atoms with Gasteiger partial charge < -0.3 is 29.7 Å². The van der Waals surface area contributed by atoms with Crippen LogP contribution in [0.5, 0.6) is 0 Å². The number of unbranched alkanes of at least 4 members (excludes halogenated alkanes) is 2. The van der Waals surface area contributed by atoms with Crippen molar-refractivity contribution in [1.29, 1.82) is 0 Å². The van der Waals surface area contributed by atoms with Crippen molar-refractivity contribution in [3.05, 3.63) is 90.5 Å². The number of nitrogens with zero attached hydrogens (tertiary/aromatic N) is 2. The van der Waals surface area contributed by atoms with Crippen LogP contribution in [0.15, 0.2) is 73.8 Å². The average molecular weight is 765 g/mol. The first-order chi connectivity index (χ1) is 24.5. The van der Waals surface area contributed by atoms with Crippen molar-refractivity contribution in [3.63, 3.8) is 0 Å². The van der Waals surface area contributed by atoms with Crippen LogP contribution >= 0.6 is 15.9 Å². The number of hydrogen-bond acceptors (Lipinski definition) is 7. The van der Waals surface area contributed by atoms with Crippen LogP contribution < -0.4 is 10.2 Å². The lowest BCUT2D eigenvalue weighted by molar-refractivity contribution is -0.162. The van der Waals surface area contributed by atoms with E-state index in [1.807, 2.05) is 62.4 Å². The van der Waals surface area contributed by atoms with Gasteiger partial charge in [0.1, 0.15) is 17.7 Å². The molecule has 3 aliphatic heterocycles. The number of esters is 1. The van der Waals surface area contributed by atoms with Crippen molar-refractivity contribution < 1.29 is 33.8 Å². The summed E-state index contributed by atoms with van der Waals surface area (Å²) in [7, 11) is 0. The van der Waals surface area contributed by atoms with E-state index >= 15 is 0 Å². The molecular weight excluding hydrogens is 714 g/mol. The molecule has 1 spiro atoms. The normalized spacial score (nSPS) is 25.9. The zero-order valence-corrected chi connectivity index (χ0v) is 31.3. The van der Waals surface area contributed by atoms with Gasteiger partial charge in [0.25, 0.3) is 5.91 Å². The summed E-state index contributed by atoms with van der Waals surface area (Å²) in [5, 5.41) is 12.4. The highest BCUT2D eigenvalue weighted by Gasteiger charge is 2.77. The quantitative estimate of drug-likeness (QED) is 0.0946. The third-order valence-corrected chi connectivity index (χ3v) is 11.2. The Labute approximate surface area is 309 Å². The number of anilines is 1. The number of amides is 3. The summed E-state index contributed by atoms with van der Waals surface area (Å²) < 4.78 is 13.1. The lowest BCUT2D eigenvalue weighted by atomic mass is 9.70. The number of aryl methyl sites for hydroxylation is 2. The first-order valence-corrected chi connectivity index (χ1v) is 18.8. The molecule has 0 radical (unpaired) electrons. The van der Waals surface area contributed by atoms with E-state index in [1.165, 1.54) is 0 Å². The Morgan fingerprint density at radius 3 is 2.57 bits per heavy atom. The van der Waals surface area contributed by atoms with Crippen molar-refractivity contribution in [2.24, 2.45) is 11.8 Å². The van der Waals surface area contributed by atoms with Crippen LogP contribution in [0, 0.1) is 25.7 Å². The van der Waals surface area contributed by atoms with Crippen LogP contribution in [-0.4, -0.2) is 82.0 Å². The smallest absolute Gasteiger partial charge is 0.313 e. The number of allylic oxidation sites excluding steroid dienone is 1. The molecule has 0 aliphatic carbocycles. The fourth-order valence-electron chi connectivity index (χ4n) is 8.02. The van der Waals surface area contributed by atoms with Crippen LogP contribution in [0.25, 0.3) is 0 Å². The summed E-state index contributed by atoms with van der Waals surface area (Å²) in [5.74, 6) is -3.36. The number of benzene rings is 2. The second-order valence-electron chi connectivity index (χ2n) is 14.0. The lowest BCUT2D eigenvalue weighted by Crippen LogP contribution is -2.57. The summed E-state index contributed by atoms with van der Waals surface area (Å²) in [6, 6.07) is 13.5. The number of halogens is 1. The van der Waals surface area contributed by atoms with Crippen LogP contribution in [0.2, 0.25) is 0 Å². The third-order valence-electron chi connectivity index (χ3n) is 10.4. The summed E-state index contributed by atoms with van der Waals surface area (Å²) >= 11 is 3.76. The number of hydrogen-bond donors (Lipinski definition) is 2. The maximum atomic E-state index is 15.0. The van der Waals surface area contributed by atoms with Crippen molar-refractivity contribution in [1.82, 2.24) is 10.2 Å². The molecule has 8 atom stereocenters. The molecular formula is C40H50BrN3O7. The molecule has 3 saturated heterocycles. The highest BCUT2D eigenvalue weighted by molar-refractivity contribution is 9.09. The molecule has 1 unspecified atom stereocenters. The summed E-state index contributed by atoms with van der Waals surface area (Å²) in [6.45, 7) is 13.8. The zero-order valence-electron chi connectivity index (χ0n) is 29.8. The Kier molecular flexibility index (Phi) is 12.6. The predicted molar refractivity (Wildman–Crippen MR) is 199 cm³/mol. The van der Waals surface area contributed by atoms with Gasteiger partial charge in [-0.05, 0) is 75.6 Å². The number of aliphatic hydroxyl groups excluding tert-OH is 1. The van der Waals surface area contributed by atoms with Gasteiger partial charge in [-0.15, -0.1) is 13.2 Å². The van der Waals surface area contributed by atoms with Gasteiger partial charge in [-0.3, -0.25) is 19.2 Å². The third kappa shape index (κ3) is 7.71. The fraction of sp³-hybridized carbons (Fsp3) is 0.500. The van der Waals surface area contributed by atoms with Gasteiger partial charge in [-0.1, -0.05) is 70.5 Å². The molecule has 2 aromatic carbocycles. The number of aliphatic hydroxyl groups is 1. The highest BCUT2D eigenvalue weighted by atomic mass is 79.9. The van der Waals surface area contributed by atoms with E-state index < -0.39 is 47.7 Å². The van der Waals surface area contributed by atoms with Crippen LogP contribution in [-0.2, 0) is 28.7 Å². The Morgan fingerprint density at radius 2 is 1.88 bits per heavy atom. The molecule has 10 nitrogen and oxygen atoms in total. The number of nitrogens with one attached hydrogen (secondary N) is 1. The molecule has 2 bridgehead atoms. The maximum absolute atomic E-state index is 15.0. The van der Waals surface area contributed by atoms with E-state index in [0.717, 1.165) is 16.8 Å². The highest BCUT2D eigenvalue weighted by Crippen LogP contribution is 2.60. The molecule has 3 aliphatic rings. The number of fused-ring (bicyclic) bond motifs is 1. The van der Waals surface area contributed by atoms with Gasteiger partial charge in [0, 0.05) is 36.6 Å². The molecule has 3 fully saturated rings. The minimum Gasteiger partial charge on any atom is -0.455 e. The predicted octanol–water partition coefficient (Wildman–Crippen LogP) is 5.49. The Hall–Kier alpha value is -3.80. The van der Waals surface area contributed by atoms with Crippen molar-refractivity contribution in [2.45, 2.75) is 94.0 Å². The fourth-order valence-corrected chi connectivity index (χ4v) is 8.97. The molecule has 11 heteroatoms. The number of likely N-dealkylation sites (tertiary alicyclic amines) is 1. The Bertz CT molecular complexity index is 1620. The molecule has 2 N–H and O–H groups in total. The standard InChI is InChI=1S/C40H50BrN3O7/c1-6-8-17-31(46)42-27(5)34(28-15-11-9-12-16-28)50-39(49)32-33-37(47)44(21-13-10-14-22-45)36(40(33)24-29(41)35(32)51-40)38(48)43(20-7-2)30-23-25(3)18-19-26(30)4/h6-7,9,11-12,15-16,18-19,23,27,29,32-36,45H,1-2,8,10,13-14,17,20-22,24H2,3-5H3,(H,42,46)/t27-,29?,32-,33+,34-,35-,36-,40+/m0/s1. The number of alkyl halides is 1. The summed E-state index contributed by atoms with van der Waals surface area (Å²) in [5.41, 5.74) is 2.02. The minimum atomic E-state index is -1.28. The number of ether oxygens (including phenoxy) is 2. The molecule has 0 saturated carbocycles. The molecule has 5 rings (SSSR count). The van der Waals surface area contributed by atoms with Gasteiger partial charge in [0.2, 0.25) is 11.8 Å². The number of rotatable bonds is 17. The number of carbonyl (C=O) groups excluding carboxylic acids is 4. The van der Waals surface area contributed by atoms with Gasteiger partial charge in [-0.25, -0.2) is 0 Å². The SMILES string of the molecule is C=CCCC(=O)N[C@@H](C)[C@H](OC(=O)[C@@H]1[C@H]2O[C@@]3(CC2Br)[C@H](C(=O)N(CC=C)c2cc(C)ccc2C)N(CCCCCO)C(=O)[C@@H]13)c1ccccc1. The summed E-state index contributed by atoms with van der Waals surface area (Å²) in [4.78, 5) is 59.8. The van der Waals surface area contributed by atoms with Gasteiger partial charge in [-0.2, -0.15) is 0 Å². The van der Waals surface area contributed by atoms with Gasteiger partial charge in [0.15, 0.2) is 0 Å². The minimum absolute atomic E-state index is 0.0301. The zero-order chi connectivity index (χ0) is 36.9. The topological polar surface area (TPSA) is 125 Å². The average Bonchev–Trinajstić information content (AvgIpc) is 3.71. The van der Waals surface area contributed by atoms with Gasteiger partial charge in [0.05, 0.1) is 24.0 Å². The van der Waals surface area contributed by atoms with Gasteiger partial charge >= 0.3 is 5.97 Å². The monoisotopic (exact) mass is 763 g/mol. The molecule has 3 heterocycles. The van der Waals surface area contributed by atoms with E-state index in [1.54, 1.807) is 28.9 Å². The first-order valence-electron chi connectivity index (χ1n) is 17.9. The molecule has 2 aromatic rings. The van der Waals surface area contributed by atoms with Crippen LogP contribution in [0.3, 0.4) is 0 Å². The number of carbonyl (C=O) groups is 4. The molecule has 51 heavy (non-hydrogen) atoms. The largest absolute Gasteiger partial charge is 0.455 e. The van der Waals surface area contributed by atoms with E-state index in [4.69, 9.17) is 9.47 Å². The summed E-state index contributed by atoms with van der Waals surface area (Å²) in [6.07, 6.45) is 4.71. The van der Waals surface area contributed by atoms with E-state index in [0.29, 0.717) is 37.7 Å². The second-order valence-corrected chi connectivity index (χ2v) is 15.1. The van der Waals surface area contributed by atoms with E-state index in [9.17, 15) is 24.3 Å². The maximum Gasteiger partial charge on any atom is 0.313 e. The molecule has 3 amide bonds. The molecule has 0 aromatic heterocycles. The van der Waals surface area contributed by atoms with Crippen LogP contribution in [0.1, 0.15) is 68.2 Å². The van der Waals surface area contributed by atoms with Crippen molar-refractivity contribution >= 4 is 45.3 Å². The van der Waals surface area contributed by atoms with E-state index in [-0.39, 0.29) is 48.7 Å². The lowest BCUT2D eigenvalue weighted by Gasteiger charge is -2.37. The Balaban J connectivity index is 1.51. The second kappa shape index (κ2) is 16.7.